The van der Waals surface area contributed by atoms with Gasteiger partial charge in [-0.25, -0.2) is 0 Å². The quantitative estimate of drug-likeness (QED) is 0.763. The van der Waals surface area contributed by atoms with Gasteiger partial charge in [-0.1, -0.05) is 12.1 Å². The highest BCUT2D eigenvalue weighted by Crippen LogP contribution is 2.16. The summed E-state index contributed by atoms with van der Waals surface area (Å²) in [6.07, 6.45) is 3.07. The minimum Gasteiger partial charge on any atom is -0.351 e. The van der Waals surface area contributed by atoms with E-state index in [1.54, 1.807) is 36.4 Å². The van der Waals surface area contributed by atoms with Gasteiger partial charge >= 0.3 is 0 Å². The summed E-state index contributed by atoms with van der Waals surface area (Å²) in [6.45, 7) is 0.739. The highest BCUT2D eigenvalue weighted by atomic mass is 16.2. The Balaban J connectivity index is 2.17. The van der Waals surface area contributed by atoms with E-state index < -0.39 is 0 Å². The fourth-order valence-electron chi connectivity index (χ4n) is 1.77. The number of carbonyl (C=O) groups excluding carboxylic acids is 2. The molecule has 6 nitrogen and oxygen atoms in total. The van der Waals surface area contributed by atoms with Crippen LogP contribution in [0.15, 0.2) is 48.8 Å². The average molecular weight is 284 g/mol. The number of anilines is 1. The zero-order valence-corrected chi connectivity index (χ0v) is 11.4. The molecule has 21 heavy (non-hydrogen) atoms. The van der Waals surface area contributed by atoms with Crippen molar-refractivity contribution in [3.63, 3.8) is 0 Å². The molecule has 1 aromatic carbocycles. The molecule has 108 valence electrons. The SMILES string of the molecule is NCCNC(=O)c1ccccc1NC(=O)c1ccncc1. The molecule has 0 aliphatic heterocycles. The number of nitrogens with zero attached hydrogens (tertiary/aromatic N) is 1. The lowest BCUT2D eigenvalue weighted by molar-refractivity contribution is 0.0955. The van der Waals surface area contributed by atoms with Crippen molar-refractivity contribution in [2.45, 2.75) is 0 Å². The monoisotopic (exact) mass is 284 g/mol. The van der Waals surface area contributed by atoms with Crippen LogP contribution in [0.1, 0.15) is 20.7 Å². The van der Waals surface area contributed by atoms with E-state index in [1.807, 2.05) is 0 Å². The lowest BCUT2D eigenvalue weighted by Gasteiger charge is -2.11. The van der Waals surface area contributed by atoms with Gasteiger partial charge in [0.1, 0.15) is 0 Å². The van der Waals surface area contributed by atoms with Gasteiger partial charge in [0.05, 0.1) is 11.3 Å². The molecule has 0 spiro atoms. The smallest absolute Gasteiger partial charge is 0.255 e. The molecule has 0 atom stereocenters. The first-order chi connectivity index (χ1) is 10.2. The Kier molecular flexibility index (Phi) is 5.00. The molecule has 2 rings (SSSR count). The van der Waals surface area contributed by atoms with Gasteiger partial charge in [-0.05, 0) is 24.3 Å². The van der Waals surface area contributed by atoms with Gasteiger partial charge in [-0.15, -0.1) is 0 Å². The van der Waals surface area contributed by atoms with Crippen LogP contribution in [0.2, 0.25) is 0 Å². The third-order valence-electron chi connectivity index (χ3n) is 2.79. The van der Waals surface area contributed by atoms with Crippen molar-refractivity contribution in [2.24, 2.45) is 5.73 Å². The van der Waals surface area contributed by atoms with Crippen LogP contribution in [0.5, 0.6) is 0 Å². The minimum atomic E-state index is -0.295. The molecule has 0 aliphatic carbocycles. The summed E-state index contributed by atoms with van der Waals surface area (Å²) >= 11 is 0. The zero-order valence-electron chi connectivity index (χ0n) is 11.4. The normalized spacial score (nSPS) is 9.95. The third-order valence-corrected chi connectivity index (χ3v) is 2.79. The predicted octanol–water partition coefficient (Wildman–Crippen LogP) is 1.02. The van der Waals surface area contributed by atoms with Gasteiger partial charge in [-0.2, -0.15) is 0 Å². The van der Waals surface area contributed by atoms with Gasteiger partial charge in [-0.3, -0.25) is 14.6 Å². The number of pyridine rings is 1. The molecule has 0 aliphatic rings. The molecular weight excluding hydrogens is 268 g/mol. The van der Waals surface area contributed by atoms with Gasteiger partial charge in [0.15, 0.2) is 0 Å². The number of hydrogen-bond acceptors (Lipinski definition) is 4. The summed E-state index contributed by atoms with van der Waals surface area (Å²) < 4.78 is 0. The number of nitrogens with one attached hydrogen (secondary N) is 2. The Bertz CT molecular complexity index is 629. The number of para-hydroxylation sites is 1. The van der Waals surface area contributed by atoms with Gasteiger partial charge in [0, 0.05) is 31.0 Å². The summed E-state index contributed by atoms with van der Waals surface area (Å²) in [5.41, 5.74) is 6.68. The van der Waals surface area contributed by atoms with E-state index in [0.29, 0.717) is 29.9 Å². The van der Waals surface area contributed by atoms with Crippen molar-refractivity contribution in [3.05, 3.63) is 59.9 Å². The highest BCUT2D eigenvalue weighted by Gasteiger charge is 2.13. The molecule has 2 amide bonds. The molecule has 0 radical (unpaired) electrons. The number of rotatable bonds is 5. The largest absolute Gasteiger partial charge is 0.351 e. The first kappa shape index (κ1) is 14.7. The number of hydrogen-bond donors (Lipinski definition) is 3. The molecule has 1 aromatic heterocycles. The van der Waals surface area contributed by atoms with Gasteiger partial charge in [0.25, 0.3) is 11.8 Å². The van der Waals surface area contributed by atoms with Crippen LogP contribution in [-0.2, 0) is 0 Å². The van der Waals surface area contributed by atoms with E-state index in [1.165, 1.54) is 12.4 Å². The third kappa shape index (κ3) is 3.87. The van der Waals surface area contributed by atoms with Crippen LogP contribution in [0.3, 0.4) is 0 Å². The lowest BCUT2D eigenvalue weighted by atomic mass is 10.1. The molecular formula is C15H16N4O2. The number of carbonyl (C=O) groups is 2. The maximum Gasteiger partial charge on any atom is 0.255 e. The average Bonchev–Trinajstić information content (AvgIpc) is 2.54. The van der Waals surface area contributed by atoms with Crippen LogP contribution in [0.4, 0.5) is 5.69 Å². The Hall–Kier alpha value is -2.73. The van der Waals surface area contributed by atoms with Crippen LogP contribution in [-0.4, -0.2) is 29.9 Å². The second kappa shape index (κ2) is 7.16. The molecule has 6 heteroatoms. The Morgan fingerprint density at radius 2 is 1.76 bits per heavy atom. The summed E-state index contributed by atoms with van der Waals surface area (Å²) in [5, 5.41) is 5.40. The summed E-state index contributed by atoms with van der Waals surface area (Å²) in [4.78, 5) is 28.0. The van der Waals surface area contributed by atoms with E-state index in [2.05, 4.69) is 15.6 Å². The van der Waals surface area contributed by atoms with E-state index in [4.69, 9.17) is 5.73 Å². The maximum atomic E-state index is 12.1. The molecule has 0 bridgehead atoms. The van der Waals surface area contributed by atoms with Crippen molar-refractivity contribution in [3.8, 4) is 0 Å². The fraction of sp³-hybridized carbons (Fsp3) is 0.133. The second-order valence-corrected chi connectivity index (χ2v) is 4.28. The number of nitrogens with two attached hydrogens (primary N) is 1. The molecule has 1 heterocycles. The van der Waals surface area contributed by atoms with Gasteiger partial charge in [0.2, 0.25) is 0 Å². The second-order valence-electron chi connectivity index (χ2n) is 4.28. The first-order valence-electron chi connectivity index (χ1n) is 6.51. The molecule has 4 N–H and O–H groups in total. The minimum absolute atomic E-state index is 0.272. The van der Waals surface area contributed by atoms with Crippen molar-refractivity contribution in [1.29, 1.82) is 0 Å². The summed E-state index contributed by atoms with van der Waals surface area (Å²) in [5.74, 6) is -0.567. The van der Waals surface area contributed by atoms with Crippen molar-refractivity contribution < 1.29 is 9.59 Å². The highest BCUT2D eigenvalue weighted by molar-refractivity contribution is 6.08. The topological polar surface area (TPSA) is 97.1 Å². The zero-order chi connectivity index (χ0) is 15.1. The Labute approximate surface area is 122 Å². The van der Waals surface area contributed by atoms with E-state index in [-0.39, 0.29) is 11.8 Å². The van der Waals surface area contributed by atoms with Gasteiger partial charge < -0.3 is 16.4 Å². The van der Waals surface area contributed by atoms with Crippen LogP contribution >= 0.6 is 0 Å². The molecule has 0 saturated heterocycles. The first-order valence-corrected chi connectivity index (χ1v) is 6.51. The van der Waals surface area contributed by atoms with E-state index >= 15 is 0 Å². The van der Waals surface area contributed by atoms with E-state index in [9.17, 15) is 9.59 Å². The van der Waals surface area contributed by atoms with Crippen LogP contribution in [0.25, 0.3) is 0 Å². The molecule has 2 aromatic rings. The number of benzene rings is 1. The standard InChI is InChI=1S/C15H16N4O2/c16-7-10-18-15(21)12-3-1-2-4-13(12)19-14(20)11-5-8-17-9-6-11/h1-6,8-9H,7,10,16H2,(H,18,21)(H,19,20). The summed E-state index contributed by atoms with van der Waals surface area (Å²) in [6, 6.07) is 10.0. The molecule has 0 fully saturated rings. The van der Waals surface area contributed by atoms with Crippen LogP contribution in [0, 0.1) is 0 Å². The van der Waals surface area contributed by atoms with Crippen LogP contribution < -0.4 is 16.4 Å². The number of aromatic nitrogens is 1. The van der Waals surface area contributed by atoms with Crippen molar-refractivity contribution in [2.75, 3.05) is 18.4 Å². The summed E-state index contributed by atoms with van der Waals surface area (Å²) in [7, 11) is 0. The maximum absolute atomic E-state index is 12.1. The Morgan fingerprint density at radius 1 is 1.05 bits per heavy atom. The van der Waals surface area contributed by atoms with Crippen molar-refractivity contribution in [1.82, 2.24) is 10.3 Å². The fourth-order valence-corrected chi connectivity index (χ4v) is 1.77. The molecule has 0 saturated carbocycles. The number of amides is 2. The van der Waals surface area contributed by atoms with E-state index in [0.717, 1.165) is 0 Å². The lowest BCUT2D eigenvalue weighted by Crippen LogP contribution is -2.30. The molecule has 0 unspecified atom stereocenters. The predicted molar refractivity (Wildman–Crippen MR) is 80.0 cm³/mol. The Morgan fingerprint density at radius 3 is 2.48 bits per heavy atom. The van der Waals surface area contributed by atoms with Crippen molar-refractivity contribution >= 4 is 17.5 Å².